The third-order valence-electron chi connectivity index (χ3n) is 7.37. The zero-order chi connectivity index (χ0) is 28.8. The number of carbonyl (C=O) groups excluding carboxylic acids is 2. The van der Waals surface area contributed by atoms with Crippen molar-refractivity contribution in [1.82, 2.24) is 15.2 Å². The summed E-state index contributed by atoms with van der Waals surface area (Å²) in [5.74, 6) is -0.418. The van der Waals surface area contributed by atoms with E-state index >= 15 is 0 Å². The van der Waals surface area contributed by atoms with Crippen molar-refractivity contribution in [2.45, 2.75) is 28.7 Å². The van der Waals surface area contributed by atoms with Gasteiger partial charge in [-0.05, 0) is 50.2 Å². The van der Waals surface area contributed by atoms with Gasteiger partial charge in [0.15, 0.2) is 6.29 Å². The number of piperazine rings is 1. The van der Waals surface area contributed by atoms with Gasteiger partial charge in [-0.3, -0.25) is 15.0 Å². The first-order valence-corrected chi connectivity index (χ1v) is 14.5. The van der Waals surface area contributed by atoms with E-state index < -0.39 is 5.91 Å². The predicted molar refractivity (Wildman–Crippen MR) is 163 cm³/mol. The smallest absolute Gasteiger partial charge is 0.258 e. The monoisotopic (exact) mass is 573 g/mol. The summed E-state index contributed by atoms with van der Waals surface area (Å²) in [6, 6.07) is 15.0. The van der Waals surface area contributed by atoms with E-state index in [1.807, 2.05) is 30.3 Å². The summed E-state index contributed by atoms with van der Waals surface area (Å²) in [6.45, 7) is 5.16. The molecule has 0 aliphatic carbocycles. The van der Waals surface area contributed by atoms with Gasteiger partial charge in [0, 0.05) is 78.4 Å². The molecule has 5 rings (SSSR count). The molecule has 0 spiro atoms. The third kappa shape index (κ3) is 7.05. The first-order valence-electron chi connectivity index (χ1n) is 13.7. The van der Waals surface area contributed by atoms with Crippen LogP contribution >= 0.6 is 11.8 Å². The van der Waals surface area contributed by atoms with Crippen LogP contribution in [0.3, 0.4) is 0 Å². The van der Waals surface area contributed by atoms with Crippen LogP contribution in [0.4, 0.5) is 17.2 Å². The SMILES string of the molecule is CN1CCN(c2ccc(C(=O)NC(=N)c3cc(Sc4ccccc4C=O)cnc3N)c(NC3CCOCC3)c2)CC1. The van der Waals surface area contributed by atoms with Gasteiger partial charge >= 0.3 is 0 Å². The lowest BCUT2D eigenvalue weighted by Gasteiger charge is -2.34. The number of nitrogens with two attached hydrogens (primary N) is 1. The fraction of sp³-hybridized carbons (Fsp3) is 0.333. The van der Waals surface area contributed by atoms with E-state index in [0.717, 1.165) is 61.6 Å². The number of nitrogen functional groups attached to an aromatic ring is 1. The minimum absolute atomic E-state index is 0.134. The maximum absolute atomic E-state index is 13.6. The summed E-state index contributed by atoms with van der Waals surface area (Å²) < 4.78 is 5.52. The Kier molecular flexibility index (Phi) is 9.17. The molecule has 0 radical (unpaired) electrons. The van der Waals surface area contributed by atoms with E-state index in [1.54, 1.807) is 24.4 Å². The number of carbonyl (C=O) groups is 2. The molecule has 1 aromatic heterocycles. The zero-order valence-electron chi connectivity index (χ0n) is 23.1. The molecule has 0 unspecified atom stereocenters. The lowest BCUT2D eigenvalue weighted by Crippen LogP contribution is -2.44. The quantitative estimate of drug-likeness (QED) is 0.181. The molecule has 2 aliphatic rings. The molecule has 5 N–H and O–H groups in total. The molecule has 3 aromatic rings. The van der Waals surface area contributed by atoms with Crippen molar-refractivity contribution in [3.8, 4) is 0 Å². The van der Waals surface area contributed by atoms with Gasteiger partial charge in [0.1, 0.15) is 11.7 Å². The van der Waals surface area contributed by atoms with Gasteiger partial charge in [0.05, 0.1) is 11.1 Å². The third-order valence-corrected chi connectivity index (χ3v) is 8.42. The number of likely N-dealkylation sites (N-methyl/N-ethyl adjacent to an activating group) is 1. The van der Waals surface area contributed by atoms with Gasteiger partial charge in [0.25, 0.3) is 5.91 Å². The van der Waals surface area contributed by atoms with Crippen LogP contribution in [-0.4, -0.2) is 80.4 Å². The Morgan fingerprint density at radius 2 is 1.85 bits per heavy atom. The second-order valence-corrected chi connectivity index (χ2v) is 11.4. The normalized spacial score (nSPS) is 16.3. The molecule has 2 aromatic carbocycles. The Morgan fingerprint density at radius 3 is 2.61 bits per heavy atom. The molecule has 1 amide bonds. The fourth-order valence-corrected chi connectivity index (χ4v) is 5.85. The summed E-state index contributed by atoms with van der Waals surface area (Å²) in [4.78, 5) is 35.3. The molecular weight excluding hydrogens is 538 g/mol. The maximum atomic E-state index is 13.6. The van der Waals surface area contributed by atoms with Crippen molar-refractivity contribution < 1.29 is 14.3 Å². The number of anilines is 3. The van der Waals surface area contributed by atoms with Crippen LogP contribution in [0, 0.1) is 5.41 Å². The van der Waals surface area contributed by atoms with Crippen LogP contribution in [0.1, 0.15) is 39.1 Å². The summed E-state index contributed by atoms with van der Waals surface area (Å²) in [6.07, 6.45) is 4.11. The summed E-state index contributed by atoms with van der Waals surface area (Å²) in [7, 11) is 2.12. The first-order chi connectivity index (χ1) is 19.9. The largest absolute Gasteiger partial charge is 0.383 e. The van der Waals surface area contributed by atoms with Crippen LogP contribution in [0.25, 0.3) is 0 Å². The Labute approximate surface area is 244 Å². The Morgan fingerprint density at radius 1 is 1.10 bits per heavy atom. The van der Waals surface area contributed by atoms with Crippen molar-refractivity contribution in [3.63, 3.8) is 0 Å². The second kappa shape index (κ2) is 13.2. The average Bonchev–Trinajstić information content (AvgIpc) is 2.99. The minimum Gasteiger partial charge on any atom is -0.383 e. The lowest BCUT2D eigenvalue weighted by atomic mass is 10.1. The van der Waals surface area contributed by atoms with Crippen molar-refractivity contribution in [3.05, 3.63) is 71.4 Å². The summed E-state index contributed by atoms with van der Waals surface area (Å²) in [5, 5.41) is 15.0. The van der Waals surface area contributed by atoms with E-state index in [-0.39, 0.29) is 17.7 Å². The molecular formula is C30H35N7O3S. The van der Waals surface area contributed by atoms with Crippen molar-refractivity contribution in [2.24, 2.45) is 0 Å². The average molecular weight is 574 g/mol. The molecule has 11 heteroatoms. The molecule has 0 bridgehead atoms. The highest BCUT2D eigenvalue weighted by Crippen LogP contribution is 2.31. The fourth-order valence-electron chi connectivity index (χ4n) is 4.93. The number of hydrogen-bond donors (Lipinski definition) is 4. The van der Waals surface area contributed by atoms with E-state index in [0.29, 0.717) is 34.8 Å². The van der Waals surface area contributed by atoms with Crippen LogP contribution in [-0.2, 0) is 4.74 Å². The Bertz CT molecular complexity index is 1420. The van der Waals surface area contributed by atoms with E-state index in [1.165, 1.54) is 11.8 Å². The number of rotatable bonds is 8. The van der Waals surface area contributed by atoms with Gasteiger partial charge in [-0.15, -0.1) is 0 Å². The van der Waals surface area contributed by atoms with Crippen LogP contribution in [0.2, 0.25) is 0 Å². The lowest BCUT2D eigenvalue weighted by molar-refractivity contribution is 0.0904. The number of aldehydes is 1. The molecule has 214 valence electrons. The standard InChI is InChI=1S/C30H35N7O3S/c1-36-10-12-37(13-11-36)22-6-7-24(26(16-22)34-21-8-14-40-15-9-21)30(39)35-29(32)25-17-23(18-33-28(25)31)41-27-5-3-2-4-20(27)19-38/h2-7,16-19,21,34H,8-15H2,1H3,(H2,31,33)(H2,32,35,39). The summed E-state index contributed by atoms with van der Waals surface area (Å²) in [5.41, 5.74) is 9.24. The van der Waals surface area contributed by atoms with Crippen molar-refractivity contribution >= 4 is 47.0 Å². The Hall–Kier alpha value is -3.93. The zero-order valence-corrected chi connectivity index (χ0v) is 23.9. The molecule has 2 saturated heterocycles. The van der Waals surface area contributed by atoms with Gasteiger partial charge in [0.2, 0.25) is 0 Å². The topological polar surface area (TPSA) is 137 Å². The van der Waals surface area contributed by atoms with Crippen LogP contribution in [0.15, 0.2) is 64.5 Å². The number of amides is 1. The number of nitrogens with one attached hydrogen (secondary N) is 3. The second-order valence-electron chi connectivity index (χ2n) is 10.2. The molecule has 0 atom stereocenters. The molecule has 2 fully saturated rings. The molecule has 3 heterocycles. The van der Waals surface area contributed by atoms with Gasteiger partial charge in [-0.25, -0.2) is 4.98 Å². The first kappa shape index (κ1) is 28.6. The summed E-state index contributed by atoms with van der Waals surface area (Å²) >= 11 is 1.34. The minimum atomic E-state index is -0.404. The number of nitrogens with zero attached hydrogens (tertiary/aromatic N) is 3. The Balaban J connectivity index is 1.36. The van der Waals surface area contributed by atoms with Gasteiger partial charge in [-0.2, -0.15) is 0 Å². The molecule has 41 heavy (non-hydrogen) atoms. The maximum Gasteiger partial charge on any atom is 0.258 e. The number of hydrogen-bond acceptors (Lipinski definition) is 10. The molecule has 2 aliphatic heterocycles. The highest BCUT2D eigenvalue weighted by molar-refractivity contribution is 7.99. The van der Waals surface area contributed by atoms with Gasteiger partial charge in [-0.1, -0.05) is 30.0 Å². The van der Waals surface area contributed by atoms with Crippen LogP contribution < -0.4 is 21.3 Å². The number of benzene rings is 2. The number of ether oxygens (including phenoxy) is 1. The van der Waals surface area contributed by atoms with E-state index in [9.17, 15) is 9.59 Å². The molecule has 10 nitrogen and oxygen atoms in total. The van der Waals surface area contributed by atoms with E-state index in [2.05, 4.69) is 32.5 Å². The van der Waals surface area contributed by atoms with Crippen molar-refractivity contribution in [2.75, 3.05) is 62.4 Å². The number of pyridine rings is 1. The number of aromatic nitrogens is 1. The van der Waals surface area contributed by atoms with Gasteiger partial charge < -0.3 is 30.9 Å². The predicted octanol–water partition coefficient (Wildman–Crippen LogP) is 3.73. The highest BCUT2D eigenvalue weighted by atomic mass is 32.2. The highest BCUT2D eigenvalue weighted by Gasteiger charge is 2.22. The van der Waals surface area contributed by atoms with Crippen LogP contribution in [0.5, 0.6) is 0 Å². The molecule has 0 saturated carbocycles. The number of amidine groups is 1. The van der Waals surface area contributed by atoms with Crippen molar-refractivity contribution in [1.29, 1.82) is 5.41 Å². The van der Waals surface area contributed by atoms with E-state index in [4.69, 9.17) is 15.9 Å².